The van der Waals surface area contributed by atoms with E-state index >= 15 is 0 Å². The number of aromatic nitrogens is 4. The van der Waals surface area contributed by atoms with Crippen molar-refractivity contribution in [1.29, 1.82) is 0 Å². The number of carboxylic acids is 1. The van der Waals surface area contributed by atoms with E-state index in [-0.39, 0.29) is 18.9 Å². The van der Waals surface area contributed by atoms with E-state index in [1.54, 1.807) is 30.7 Å². The fourth-order valence-corrected chi connectivity index (χ4v) is 1.71. The Labute approximate surface area is 126 Å². The van der Waals surface area contributed by atoms with Gasteiger partial charge in [-0.1, -0.05) is 4.68 Å². The highest BCUT2D eigenvalue weighted by atomic mass is 16.4. The zero-order chi connectivity index (χ0) is 15.8. The third-order valence-electron chi connectivity index (χ3n) is 2.84. The summed E-state index contributed by atoms with van der Waals surface area (Å²) in [6.45, 7) is 0.694. The molecule has 8 nitrogen and oxygen atoms in total. The lowest BCUT2D eigenvalue weighted by atomic mass is 10.3. The first-order valence-corrected chi connectivity index (χ1v) is 6.77. The molecule has 2 aromatic rings. The van der Waals surface area contributed by atoms with Crippen molar-refractivity contribution in [3.63, 3.8) is 0 Å². The zero-order valence-corrected chi connectivity index (χ0v) is 11.8. The summed E-state index contributed by atoms with van der Waals surface area (Å²) < 4.78 is 1.47. The normalized spacial score (nSPS) is 10.2. The van der Waals surface area contributed by atoms with E-state index in [4.69, 9.17) is 5.11 Å². The maximum Gasteiger partial charge on any atom is 0.309 e. The molecule has 8 heteroatoms. The Balaban J connectivity index is 1.81. The molecule has 0 fully saturated rings. The molecule has 0 spiro atoms. The van der Waals surface area contributed by atoms with Crippen molar-refractivity contribution in [3.05, 3.63) is 48.3 Å². The van der Waals surface area contributed by atoms with Crippen LogP contribution < -0.4 is 10.00 Å². The number of nitrogens with zero attached hydrogens (tertiary/aromatic N) is 4. The molecule has 0 bridgehead atoms. The lowest BCUT2D eigenvalue weighted by Gasteiger charge is -2.03. The van der Waals surface area contributed by atoms with Gasteiger partial charge in [0, 0.05) is 31.4 Å². The number of aliphatic carboxylic acids is 1. The van der Waals surface area contributed by atoms with E-state index in [2.05, 4.69) is 20.4 Å². The van der Waals surface area contributed by atoms with Crippen molar-refractivity contribution in [2.45, 2.75) is 19.4 Å². The van der Waals surface area contributed by atoms with Gasteiger partial charge in [-0.05, 0) is 11.2 Å². The van der Waals surface area contributed by atoms with Gasteiger partial charge in [-0.15, -0.1) is 0 Å². The van der Waals surface area contributed by atoms with Crippen LogP contribution in [0.2, 0.25) is 0 Å². The molecule has 0 atom stereocenters. The number of hydrogen-bond donors (Lipinski definition) is 2. The van der Waals surface area contributed by atoms with E-state index in [1.165, 1.54) is 10.9 Å². The summed E-state index contributed by atoms with van der Waals surface area (Å²) in [6.07, 6.45) is 6.84. The zero-order valence-electron chi connectivity index (χ0n) is 11.8. The van der Waals surface area contributed by atoms with Gasteiger partial charge in [0.05, 0.1) is 5.56 Å². The second-order valence-electron chi connectivity index (χ2n) is 4.49. The second kappa shape index (κ2) is 7.77. The summed E-state index contributed by atoms with van der Waals surface area (Å²) in [5.74, 6) is -0.464. The summed E-state index contributed by atoms with van der Waals surface area (Å²) >= 11 is 0. The third kappa shape index (κ3) is 4.89. The van der Waals surface area contributed by atoms with Crippen LogP contribution in [0.25, 0.3) is 0 Å². The molecule has 0 saturated heterocycles. The Morgan fingerprint density at radius 3 is 2.68 bits per heavy atom. The maximum atomic E-state index is 11.9. The highest BCUT2D eigenvalue weighted by Crippen LogP contribution is 1.94. The molecule has 2 rings (SSSR count). The molecule has 0 unspecified atom stereocenters. The monoisotopic (exact) mass is 302 g/mol. The lowest BCUT2D eigenvalue weighted by molar-refractivity contribution is -0.753. The van der Waals surface area contributed by atoms with Crippen LogP contribution in [0.15, 0.2) is 36.9 Å². The third-order valence-corrected chi connectivity index (χ3v) is 2.84. The van der Waals surface area contributed by atoms with Gasteiger partial charge in [-0.2, -0.15) is 0 Å². The maximum absolute atomic E-state index is 11.9. The highest BCUT2D eigenvalue weighted by molar-refractivity contribution is 5.93. The van der Waals surface area contributed by atoms with Crippen molar-refractivity contribution in [3.8, 4) is 0 Å². The molecule has 0 aromatic carbocycles. The van der Waals surface area contributed by atoms with E-state index in [9.17, 15) is 9.59 Å². The van der Waals surface area contributed by atoms with Gasteiger partial charge >= 0.3 is 5.97 Å². The van der Waals surface area contributed by atoms with Crippen LogP contribution in [-0.2, 0) is 17.8 Å². The summed E-state index contributed by atoms with van der Waals surface area (Å²) in [6, 6.07) is 3.33. The van der Waals surface area contributed by atoms with Crippen molar-refractivity contribution < 1.29 is 19.4 Å². The second-order valence-corrected chi connectivity index (χ2v) is 4.49. The molecular formula is C14H16N5O3+. The molecular weight excluding hydrogens is 286 g/mol. The smallest absolute Gasteiger partial charge is 0.309 e. The number of rotatable bonds is 7. The fraction of sp³-hybridized carbons (Fsp3) is 0.286. The molecule has 0 aliphatic heterocycles. The number of amides is 1. The molecule has 0 aliphatic carbocycles. The van der Waals surface area contributed by atoms with E-state index in [0.29, 0.717) is 24.4 Å². The van der Waals surface area contributed by atoms with Crippen molar-refractivity contribution in [2.75, 3.05) is 6.54 Å². The minimum Gasteiger partial charge on any atom is -0.481 e. The summed E-state index contributed by atoms with van der Waals surface area (Å²) in [5.41, 5.74) is 0.417. The Morgan fingerprint density at radius 1 is 1.27 bits per heavy atom. The first kappa shape index (κ1) is 15.5. The minimum atomic E-state index is -0.890. The van der Waals surface area contributed by atoms with Gasteiger partial charge in [0.25, 0.3) is 5.91 Å². The molecule has 2 aromatic heterocycles. The number of carbonyl (C=O) groups excluding carboxylic acids is 1. The largest absolute Gasteiger partial charge is 0.481 e. The van der Waals surface area contributed by atoms with Gasteiger partial charge in [0.1, 0.15) is 18.4 Å². The van der Waals surface area contributed by atoms with Crippen LogP contribution in [0.3, 0.4) is 0 Å². The van der Waals surface area contributed by atoms with Gasteiger partial charge in [-0.3, -0.25) is 9.59 Å². The molecule has 2 heterocycles. The molecule has 0 radical (unpaired) electrons. The fourth-order valence-electron chi connectivity index (χ4n) is 1.71. The number of hydrogen-bond acceptors (Lipinski definition) is 5. The molecule has 2 N–H and O–H groups in total. The summed E-state index contributed by atoms with van der Waals surface area (Å²) in [5, 5.41) is 15.4. The predicted octanol–water partition coefficient (Wildman–Crippen LogP) is -0.394. The van der Waals surface area contributed by atoms with Crippen molar-refractivity contribution in [1.82, 2.24) is 20.4 Å². The molecule has 22 heavy (non-hydrogen) atoms. The van der Waals surface area contributed by atoms with Crippen LogP contribution in [-0.4, -0.2) is 38.6 Å². The number of carboxylic acid groups (broad SMARTS) is 1. The Hall–Kier alpha value is -2.90. The predicted molar refractivity (Wildman–Crippen MR) is 74.8 cm³/mol. The van der Waals surface area contributed by atoms with Crippen molar-refractivity contribution >= 4 is 11.9 Å². The van der Waals surface area contributed by atoms with Crippen molar-refractivity contribution in [2.24, 2.45) is 0 Å². The molecule has 0 saturated carbocycles. The molecule has 0 aliphatic rings. The SMILES string of the molecule is O=C(O)CC[n+]1ccc(C(=O)NCCc2ncccn2)cn1. The summed E-state index contributed by atoms with van der Waals surface area (Å²) in [4.78, 5) is 30.5. The first-order chi connectivity index (χ1) is 10.6. The number of carbonyl (C=O) groups is 2. The van der Waals surface area contributed by atoms with Crippen LogP contribution in [0.5, 0.6) is 0 Å². The van der Waals surface area contributed by atoms with E-state index in [1.807, 2.05) is 0 Å². The average Bonchev–Trinajstić information content (AvgIpc) is 2.54. The highest BCUT2D eigenvalue weighted by Gasteiger charge is 2.10. The van der Waals surface area contributed by atoms with Gasteiger partial charge in [-0.25, -0.2) is 9.97 Å². The quantitative estimate of drug-likeness (QED) is 0.674. The average molecular weight is 302 g/mol. The van der Waals surface area contributed by atoms with Gasteiger partial charge in [0.15, 0.2) is 12.7 Å². The minimum absolute atomic E-state index is 0.0136. The van der Waals surface area contributed by atoms with Crippen LogP contribution in [0, 0.1) is 0 Å². The topological polar surface area (TPSA) is 109 Å². The van der Waals surface area contributed by atoms with Crippen LogP contribution in [0.1, 0.15) is 22.6 Å². The van der Waals surface area contributed by atoms with Gasteiger partial charge in [0.2, 0.25) is 0 Å². The lowest BCUT2D eigenvalue weighted by Crippen LogP contribution is -2.39. The number of aryl methyl sites for hydroxylation is 1. The summed E-state index contributed by atoms with van der Waals surface area (Å²) in [7, 11) is 0. The molecule has 1 amide bonds. The van der Waals surface area contributed by atoms with Gasteiger partial charge < -0.3 is 10.4 Å². The first-order valence-electron chi connectivity index (χ1n) is 6.77. The standard InChI is InChI=1S/C14H15N5O3/c20-13(21)4-9-19-8-3-11(10-18-19)14(22)17-7-2-12-15-5-1-6-16-12/h1,3,5-6,8,10H,2,4,7,9H2,(H-,17,20,21,22)/p+1. The Bertz CT molecular complexity index is 631. The molecule has 114 valence electrons. The van der Waals surface area contributed by atoms with Crippen LogP contribution >= 0.6 is 0 Å². The Kier molecular flexibility index (Phi) is 5.47. The van der Waals surface area contributed by atoms with E-state index in [0.717, 1.165) is 0 Å². The Morgan fingerprint density at radius 2 is 2.05 bits per heavy atom. The van der Waals surface area contributed by atoms with Crippen LogP contribution in [0.4, 0.5) is 0 Å². The number of nitrogens with one attached hydrogen (secondary N) is 1. The van der Waals surface area contributed by atoms with E-state index < -0.39 is 5.97 Å².